The molecule has 0 spiro atoms. The minimum atomic E-state index is -0.285. The number of aryl methyl sites for hydroxylation is 3. The summed E-state index contributed by atoms with van der Waals surface area (Å²) in [6, 6.07) is 75.3. The number of anilines is 9. The molecule has 0 radical (unpaired) electrons. The van der Waals surface area contributed by atoms with Gasteiger partial charge in [0.1, 0.15) is 23.0 Å². The average molecular weight is 1030 g/mol. The van der Waals surface area contributed by atoms with Crippen LogP contribution in [0.4, 0.5) is 51.2 Å². The number of methoxy groups -OCH3 is 2. The van der Waals surface area contributed by atoms with Crippen molar-refractivity contribution in [2.75, 3.05) is 28.9 Å². The van der Waals surface area contributed by atoms with Gasteiger partial charge in [0, 0.05) is 56.6 Å². The second kappa shape index (κ2) is 18.9. The van der Waals surface area contributed by atoms with Crippen LogP contribution >= 0.6 is 0 Å². The molecule has 2 aliphatic heterocycles. The lowest BCUT2D eigenvalue weighted by Crippen LogP contribution is -2.60. The van der Waals surface area contributed by atoms with Gasteiger partial charge in [0.15, 0.2) is 0 Å². The van der Waals surface area contributed by atoms with Crippen molar-refractivity contribution in [3.8, 4) is 45.3 Å². The van der Waals surface area contributed by atoms with Crippen LogP contribution in [-0.2, 0) is 10.8 Å². The van der Waals surface area contributed by atoms with E-state index in [4.69, 9.17) is 14.2 Å². The van der Waals surface area contributed by atoms with E-state index < -0.39 is 0 Å². The summed E-state index contributed by atoms with van der Waals surface area (Å²) < 4.78 is 18.3. The summed E-state index contributed by atoms with van der Waals surface area (Å²) in [5.41, 5.74) is 25.7. The van der Waals surface area contributed by atoms with E-state index in [1.807, 2.05) is 24.3 Å². The Balaban J connectivity index is 0.894. The molecule has 0 amide bonds. The van der Waals surface area contributed by atoms with E-state index in [0.29, 0.717) is 0 Å². The third kappa shape index (κ3) is 8.33. The first kappa shape index (κ1) is 49.6. The van der Waals surface area contributed by atoms with Gasteiger partial charge in [-0.1, -0.05) is 107 Å². The Morgan fingerprint density at radius 2 is 1.04 bits per heavy atom. The number of benzene rings is 10. The van der Waals surface area contributed by atoms with Crippen molar-refractivity contribution < 1.29 is 14.2 Å². The molecule has 10 aromatic rings. The molecule has 0 atom stereocenters. The molecular formula is C72H64BN3O3. The van der Waals surface area contributed by atoms with Gasteiger partial charge >= 0.3 is 0 Å². The van der Waals surface area contributed by atoms with E-state index >= 15 is 0 Å². The number of hydrogen-bond acceptors (Lipinski definition) is 6. The Kier molecular flexibility index (Phi) is 11.9. The molecule has 2 heterocycles. The zero-order valence-corrected chi connectivity index (χ0v) is 46.8. The maximum Gasteiger partial charge on any atom is 0.256 e. The van der Waals surface area contributed by atoms with E-state index in [0.717, 1.165) is 74.1 Å². The van der Waals surface area contributed by atoms with Gasteiger partial charge in [0.05, 0.1) is 14.2 Å². The topological polar surface area (TPSA) is 37.4 Å². The predicted molar refractivity (Wildman–Crippen MR) is 331 cm³/mol. The highest BCUT2D eigenvalue weighted by atomic mass is 16.5. The Morgan fingerprint density at radius 1 is 0.481 bits per heavy atom. The molecule has 13 rings (SSSR count). The van der Waals surface area contributed by atoms with Crippen LogP contribution in [0.2, 0.25) is 0 Å². The molecule has 1 aliphatic carbocycles. The largest absolute Gasteiger partial charge is 0.497 e. The van der Waals surface area contributed by atoms with E-state index in [-0.39, 0.29) is 17.5 Å². The van der Waals surface area contributed by atoms with Gasteiger partial charge in [-0.2, -0.15) is 0 Å². The first-order valence-corrected chi connectivity index (χ1v) is 27.5. The van der Waals surface area contributed by atoms with Crippen molar-refractivity contribution in [2.45, 2.75) is 66.2 Å². The second-order valence-corrected chi connectivity index (χ2v) is 23.1. The van der Waals surface area contributed by atoms with Crippen molar-refractivity contribution in [1.29, 1.82) is 0 Å². The molecule has 0 aromatic heterocycles. The van der Waals surface area contributed by atoms with Crippen molar-refractivity contribution in [1.82, 2.24) is 0 Å². The molecule has 0 bridgehead atoms. The number of rotatable bonds is 10. The summed E-state index contributed by atoms with van der Waals surface area (Å²) >= 11 is 0. The fraction of sp³-hybridized carbons (Fsp3) is 0.167. The van der Waals surface area contributed by atoms with E-state index in [1.165, 1.54) is 72.1 Å². The highest BCUT2D eigenvalue weighted by Crippen LogP contribution is 2.53. The summed E-state index contributed by atoms with van der Waals surface area (Å²) in [6.07, 6.45) is 0. The van der Waals surface area contributed by atoms with Crippen LogP contribution in [0.1, 0.15) is 68.0 Å². The molecule has 0 N–H and O–H groups in total. The quantitative estimate of drug-likeness (QED) is 0.127. The first-order chi connectivity index (χ1) is 38.2. The van der Waals surface area contributed by atoms with Gasteiger partial charge in [-0.3, -0.25) is 0 Å². The van der Waals surface area contributed by atoms with E-state index in [2.05, 4.69) is 252 Å². The summed E-state index contributed by atoms with van der Waals surface area (Å²) in [5, 5.41) is 0. The van der Waals surface area contributed by atoms with Crippen LogP contribution in [0.5, 0.6) is 23.0 Å². The number of ether oxygens (including phenoxy) is 3. The average Bonchev–Trinajstić information content (AvgIpc) is 3.86. The van der Waals surface area contributed by atoms with Crippen molar-refractivity contribution in [2.24, 2.45) is 0 Å². The highest BCUT2D eigenvalue weighted by Gasteiger charge is 2.45. The van der Waals surface area contributed by atoms with Crippen LogP contribution in [-0.4, -0.2) is 20.9 Å². The van der Waals surface area contributed by atoms with Crippen LogP contribution in [0.25, 0.3) is 22.3 Å². The lowest BCUT2D eigenvalue weighted by Gasteiger charge is -2.41. The van der Waals surface area contributed by atoms with Gasteiger partial charge in [-0.25, -0.2) is 0 Å². The molecule has 7 heteroatoms. The molecular weight excluding hydrogens is 966 g/mol. The molecule has 79 heavy (non-hydrogen) atoms. The van der Waals surface area contributed by atoms with Crippen LogP contribution in [0, 0.1) is 20.8 Å². The molecule has 3 aliphatic rings. The van der Waals surface area contributed by atoms with E-state index in [1.54, 1.807) is 14.2 Å². The monoisotopic (exact) mass is 1030 g/mol. The first-order valence-electron chi connectivity index (χ1n) is 27.5. The smallest absolute Gasteiger partial charge is 0.256 e. The predicted octanol–water partition coefficient (Wildman–Crippen LogP) is 17.2. The summed E-state index contributed by atoms with van der Waals surface area (Å²) in [7, 11) is 3.40. The van der Waals surface area contributed by atoms with Crippen LogP contribution < -0.4 is 45.3 Å². The SMILES string of the molecule is COc1ccc(N(c2ccc(OC)cc2)c2cc(C)c(-c3ccc(N4c5ccc(C(C)(C)C)cc5B5c6cc7c(cc6Oc6cc(C)cc4c65)-c4ccc(N(c5ccccc5)c5ccccc5)cc4C7(C)C)cc3)c(C)c2)cc1. The minimum Gasteiger partial charge on any atom is -0.497 e. The fourth-order valence-corrected chi connectivity index (χ4v) is 12.8. The zero-order valence-electron chi connectivity index (χ0n) is 46.8. The van der Waals surface area contributed by atoms with Gasteiger partial charge < -0.3 is 28.9 Å². The summed E-state index contributed by atoms with van der Waals surface area (Å²) in [5.74, 6) is 3.47. The molecule has 0 saturated heterocycles. The Hall–Kier alpha value is -8.94. The third-order valence-corrected chi connectivity index (χ3v) is 16.7. The van der Waals surface area contributed by atoms with Gasteiger partial charge in [0.25, 0.3) is 6.71 Å². The van der Waals surface area contributed by atoms with Crippen molar-refractivity contribution in [3.05, 3.63) is 240 Å². The fourth-order valence-electron chi connectivity index (χ4n) is 12.8. The van der Waals surface area contributed by atoms with Gasteiger partial charge in [-0.05, 0) is 232 Å². The third-order valence-electron chi connectivity index (χ3n) is 16.7. The standard InChI is InChI=1S/C72H64BN3O3/c1-45-37-66-70-68(38-45)79-67-43-60-59-35-30-55(74(50-17-13-11-14-18-50)51-19-15-12-16-20-51)42-61(59)72(7,8)62(60)44-64(67)73(70)63-41-49(71(4,5)6)23-36-65(63)76(66)54-24-21-48(22-25-54)69-46(2)39-56(40-47(69)3)75(52-26-31-57(77-9)32-27-52)53-28-33-58(78-10)34-29-53/h11-44H,1-10H3. The lowest BCUT2D eigenvalue weighted by molar-refractivity contribution is 0.415. The molecule has 10 aromatic carbocycles. The maximum atomic E-state index is 7.25. The zero-order chi connectivity index (χ0) is 54.5. The van der Waals surface area contributed by atoms with Crippen LogP contribution in [0.3, 0.4) is 0 Å². The number of nitrogens with zero attached hydrogens (tertiary/aromatic N) is 3. The molecule has 0 saturated carbocycles. The Labute approximate surface area is 466 Å². The second-order valence-electron chi connectivity index (χ2n) is 23.1. The van der Waals surface area contributed by atoms with Crippen LogP contribution in [0.15, 0.2) is 206 Å². The Bertz CT molecular complexity index is 3890. The summed E-state index contributed by atoms with van der Waals surface area (Å²) in [4.78, 5) is 7.13. The molecule has 0 unspecified atom stereocenters. The molecule has 6 nitrogen and oxygen atoms in total. The van der Waals surface area contributed by atoms with Crippen molar-refractivity contribution in [3.63, 3.8) is 0 Å². The number of fused-ring (bicyclic) bond motifs is 7. The highest BCUT2D eigenvalue weighted by molar-refractivity contribution is 6.99. The van der Waals surface area contributed by atoms with Crippen molar-refractivity contribution >= 4 is 74.3 Å². The maximum absolute atomic E-state index is 7.25. The molecule has 0 fully saturated rings. The van der Waals surface area contributed by atoms with Gasteiger partial charge in [0.2, 0.25) is 0 Å². The minimum absolute atomic E-state index is 0.0478. The molecule has 388 valence electrons. The lowest BCUT2D eigenvalue weighted by atomic mass is 9.33. The van der Waals surface area contributed by atoms with E-state index in [9.17, 15) is 0 Å². The summed E-state index contributed by atoms with van der Waals surface area (Å²) in [6.45, 7) is 18.3. The van der Waals surface area contributed by atoms with Gasteiger partial charge in [-0.15, -0.1) is 0 Å². The normalized spacial score (nSPS) is 13.3. The number of hydrogen-bond donors (Lipinski definition) is 0. The number of para-hydroxylation sites is 2. The Morgan fingerprint density at radius 3 is 1.62 bits per heavy atom.